The van der Waals surface area contributed by atoms with Crippen molar-refractivity contribution in [3.05, 3.63) is 0 Å². The average Bonchev–Trinajstić information content (AvgIpc) is 2.29. The molecule has 0 bridgehead atoms. The molecule has 0 unspecified atom stereocenters. The molecule has 5 heteroatoms. The Bertz CT molecular complexity index is 272. The quantitative estimate of drug-likeness (QED) is 0.687. The third-order valence-corrected chi connectivity index (χ3v) is 3.26. The lowest BCUT2D eigenvalue weighted by Crippen LogP contribution is -2.41. The van der Waals surface area contributed by atoms with Gasteiger partial charge in [-0.3, -0.25) is 4.79 Å². The molecule has 5 nitrogen and oxygen atoms in total. The maximum Gasteiger partial charge on any atom is 0.329 e. The number of carbonyl (C=O) groups excluding carboxylic acids is 1. The number of hydrogen-bond donors (Lipinski definition) is 2. The van der Waals surface area contributed by atoms with E-state index in [4.69, 9.17) is 9.84 Å². The molecule has 17 heavy (non-hydrogen) atoms. The molecule has 0 saturated heterocycles. The van der Waals surface area contributed by atoms with Crippen molar-refractivity contribution in [3.63, 3.8) is 0 Å². The van der Waals surface area contributed by atoms with Gasteiger partial charge in [0.05, 0.1) is 6.61 Å². The molecule has 0 aromatic heterocycles. The van der Waals surface area contributed by atoms with Gasteiger partial charge in [-0.2, -0.15) is 0 Å². The van der Waals surface area contributed by atoms with Gasteiger partial charge in [-0.25, -0.2) is 4.79 Å². The van der Waals surface area contributed by atoms with Crippen LogP contribution < -0.4 is 5.32 Å². The highest BCUT2D eigenvalue weighted by molar-refractivity contribution is 5.82. The second-order valence-corrected chi connectivity index (χ2v) is 4.82. The number of hydrogen-bond acceptors (Lipinski definition) is 3. The van der Waals surface area contributed by atoms with E-state index in [1.807, 2.05) is 6.92 Å². The van der Waals surface area contributed by atoms with Crippen molar-refractivity contribution in [2.45, 2.75) is 39.0 Å². The fourth-order valence-electron chi connectivity index (χ4n) is 2.17. The van der Waals surface area contributed by atoms with E-state index < -0.39 is 5.97 Å². The largest absolute Gasteiger partial charge is 0.480 e. The zero-order valence-electron chi connectivity index (χ0n) is 10.3. The van der Waals surface area contributed by atoms with Crippen molar-refractivity contribution in [2.24, 2.45) is 5.41 Å². The number of ether oxygens (including phenoxy) is 1. The fourth-order valence-corrected chi connectivity index (χ4v) is 2.17. The molecular formula is C12H21NO4. The van der Waals surface area contributed by atoms with E-state index in [2.05, 4.69) is 5.32 Å². The topological polar surface area (TPSA) is 75.6 Å². The molecule has 98 valence electrons. The molecule has 1 aliphatic carbocycles. The lowest BCUT2D eigenvalue weighted by atomic mass is 9.75. The van der Waals surface area contributed by atoms with Gasteiger partial charge in [0.15, 0.2) is 0 Å². The predicted molar refractivity (Wildman–Crippen MR) is 62.7 cm³/mol. The van der Waals surface area contributed by atoms with Crippen LogP contribution in [0, 0.1) is 5.41 Å². The van der Waals surface area contributed by atoms with Gasteiger partial charge in [0.1, 0.15) is 6.61 Å². The minimum atomic E-state index is -0.990. The highest BCUT2D eigenvalue weighted by Crippen LogP contribution is 2.35. The van der Waals surface area contributed by atoms with E-state index >= 15 is 0 Å². The molecule has 0 atom stereocenters. The number of carboxylic acids is 1. The van der Waals surface area contributed by atoms with Crippen molar-refractivity contribution in [1.29, 1.82) is 0 Å². The van der Waals surface area contributed by atoms with Gasteiger partial charge in [-0.05, 0) is 12.8 Å². The molecule has 0 heterocycles. The Balaban J connectivity index is 2.17. The number of aliphatic carboxylic acids is 1. The van der Waals surface area contributed by atoms with Gasteiger partial charge in [0.2, 0.25) is 5.91 Å². The van der Waals surface area contributed by atoms with Crippen LogP contribution in [0.5, 0.6) is 0 Å². The number of rotatable bonds is 6. The molecule has 1 aliphatic rings. The van der Waals surface area contributed by atoms with Crippen LogP contribution in [-0.2, 0) is 14.3 Å². The number of carbonyl (C=O) groups is 2. The van der Waals surface area contributed by atoms with Gasteiger partial charge in [-0.1, -0.05) is 26.2 Å². The van der Waals surface area contributed by atoms with Crippen LogP contribution in [0.2, 0.25) is 0 Å². The Morgan fingerprint density at radius 1 is 1.29 bits per heavy atom. The summed E-state index contributed by atoms with van der Waals surface area (Å²) in [7, 11) is 0. The maximum absolute atomic E-state index is 11.9. The summed E-state index contributed by atoms with van der Waals surface area (Å²) >= 11 is 0. The van der Waals surface area contributed by atoms with Gasteiger partial charge in [0.25, 0.3) is 0 Å². The van der Waals surface area contributed by atoms with Gasteiger partial charge >= 0.3 is 5.97 Å². The summed E-state index contributed by atoms with van der Waals surface area (Å²) in [4.78, 5) is 22.1. The summed E-state index contributed by atoms with van der Waals surface area (Å²) in [5.41, 5.74) is -0.245. The first-order chi connectivity index (χ1) is 8.04. The summed E-state index contributed by atoms with van der Waals surface area (Å²) in [6.45, 7) is 2.31. The Labute approximate surface area is 102 Å². The maximum atomic E-state index is 11.9. The van der Waals surface area contributed by atoms with E-state index in [0.29, 0.717) is 6.54 Å². The lowest BCUT2D eigenvalue weighted by molar-refractivity contribution is -0.142. The van der Waals surface area contributed by atoms with Crippen molar-refractivity contribution < 1.29 is 19.4 Å². The predicted octanol–water partition coefficient (Wildman–Crippen LogP) is 1.17. The van der Waals surface area contributed by atoms with Crippen LogP contribution in [0.25, 0.3) is 0 Å². The zero-order valence-corrected chi connectivity index (χ0v) is 10.3. The number of amides is 1. The molecule has 0 spiro atoms. The SMILES string of the molecule is CC1(C(=O)NCCOCC(=O)O)CCCCC1. The summed E-state index contributed by atoms with van der Waals surface area (Å²) in [6, 6.07) is 0. The second-order valence-electron chi connectivity index (χ2n) is 4.82. The summed E-state index contributed by atoms with van der Waals surface area (Å²) in [5, 5.41) is 11.2. The minimum Gasteiger partial charge on any atom is -0.480 e. The molecule has 0 aromatic rings. The Morgan fingerprint density at radius 2 is 1.94 bits per heavy atom. The molecule has 0 aromatic carbocycles. The molecule has 2 N–H and O–H groups in total. The van der Waals surface area contributed by atoms with E-state index in [9.17, 15) is 9.59 Å². The van der Waals surface area contributed by atoms with E-state index in [1.165, 1.54) is 6.42 Å². The first-order valence-electron chi connectivity index (χ1n) is 6.12. The van der Waals surface area contributed by atoms with Crippen LogP contribution in [0.1, 0.15) is 39.0 Å². The van der Waals surface area contributed by atoms with E-state index in [-0.39, 0.29) is 24.5 Å². The van der Waals surface area contributed by atoms with E-state index in [0.717, 1.165) is 25.7 Å². The zero-order chi connectivity index (χ0) is 12.7. The Morgan fingerprint density at radius 3 is 2.53 bits per heavy atom. The standard InChI is InChI=1S/C12H21NO4/c1-12(5-3-2-4-6-12)11(16)13-7-8-17-9-10(14)15/h2-9H2,1H3,(H,13,16)(H,14,15). The molecule has 1 fully saturated rings. The fraction of sp³-hybridized carbons (Fsp3) is 0.833. The molecule has 1 saturated carbocycles. The first-order valence-corrected chi connectivity index (χ1v) is 6.12. The summed E-state index contributed by atoms with van der Waals surface area (Å²) < 4.78 is 4.85. The molecular weight excluding hydrogens is 222 g/mol. The molecule has 1 rings (SSSR count). The third-order valence-electron chi connectivity index (χ3n) is 3.26. The third kappa shape index (κ3) is 4.73. The van der Waals surface area contributed by atoms with Gasteiger partial charge in [-0.15, -0.1) is 0 Å². The highest BCUT2D eigenvalue weighted by atomic mass is 16.5. The van der Waals surface area contributed by atoms with Crippen molar-refractivity contribution in [2.75, 3.05) is 19.8 Å². The molecule has 0 aliphatic heterocycles. The van der Waals surface area contributed by atoms with Crippen molar-refractivity contribution >= 4 is 11.9 Å². The van der Waals surface area contributed by atoms with Crippen LogP contribution >= 0.6 is 0 Å². The minimum absolute atomic E-state index is 0.0659. The average molecular weight is 243 g/mol. The Hall–Kier alpha value is -1.10. The number of carboxylic acid groups (broad SMARTS) is 1. The second kappa shape index (κ2) is 6.59. The highest BCUT2D eigenvalue weighted by Gasteiger charge is 2.33. The van der Waals surface area contributed by atoms with Crippen molar-refractivity contribution in [3.8, 4) is 0 Å². The van der Waals surface area contributed by atoms with Crippen LogP contribution in [-0.4, -0.2) is 36.7 Å². The lowest BCUT2D eigenvalue weighted by Gasteiger charge is -2.31. The van der Waals surface area contributed by atoms with Crippen LogP contribution in [0.15, 0.2) is 0 Å². The van der Waals surface area contributed by atoms with Crippen LogP contribution in [0.3, 0.4) is 0 Å². The normalized spacial score (nSPS) is 18.6. The summed E-state index contributed by atoms with van der Waals surface area (Å²) in [6.07, 6.45) is 5.31. The monoisotopic (exact) mass is 243 g/mol. The van der Waals surface area contributed by atoms with Crippen molar-refractivity contribution in [1.82, 2.24) is 5.32 Å². The van der Waals surface area contributed by atoms with Crippen LogP contribution in [0.4, 0.5) is 0 Å². The molecule has 0 radical (unpaired) electrons. The van der Waals surface area contributed by atoms with Gasteiger partial charge < -0.3 is 15.2 Å². The molecule has 1 amide bonds. The summed E-state index contributed by atoms with van der Waals surface area (Å²) in [5.74, 6) is -0.924. The van der Waals surface area contributed by atoms with Gasteiger partial charge in [0, 0.05) is 12.0 Å². The van der Waals surface area contributed by atoms with E-state index in [1.54, 1.807) is 0 Å². The first kappa shape index (κ1) is 14.0. The number of nitrogens with one attached hydrogen (secondary N) is 1. The smallest absolute Gasteiger partial charge is 0.329 e. The Kier molecular flexibility index (Phi) is 5.41.